The topological polar surface area (TPSA) is 9.72 Å². The van der Waals surface area contributed by atoms with Crippen LogP contribution < -0.4 is 0 Å². The van der Waals surface area contributed by atoms with Gasteiger partial charge in [0.1, 0.15) is 0 Å². The molecule has 0 N–H and O–H groups in total. The van der Waals surface area contributed by atoms with Gasteiger partial charge in [-0.05, 0) is 0 Å². The maximum atomic E-state index is 2.33. The fraction of sp³-hybridized carbons (Fsp3) is 1.00. The molecule has 0 heterocycles. The molecule has 0 aliphatic rings. The van der Waals surface area contributed by atoms with Crippen molar-refractivity contribution in [2.24, 2.45) is 0 Å². The summed E-state index contributed by atoms with van der Waals surface area (Å²) < 4.78 is 4.80. The van der Waals surface area contributed by atoms with Gasteiger partial charge in [-0.15, -0.1) is 0 Å². The fourth-order valence-corrected chi connectivity index (χ4v) is 10.1. The molecule has 0 saturated heterocycles. The van der Waals surface area contributed by atoms with E-state index in [4.69, 9.17) is 0 Å². The van der Waals surface area contributed by atoms with Gasteiger partial charge >= 0.3 is 129 Å². The SMILES string of the molecule is CN(C)CC[CH2][Sn]([CH2]CCN(C)C)[CH2]CCN(C)C. The van der Waals surface area contributed by atoms with E-state index >= 15 is 0 Å². The van der Waals surface area contributed by atoms with Crippen LogP contribution in [0.2, 0.25) is 13.3 Å². The Kier molecular flexibility index (Phi) is 12.9. The van der Waals surface area contributed by atoms with E-state index in [1.807, 2.05) is 0 Å². The molecule has 0 unspecified atom stereocenters. The number of hydrogen-bond donors (Lipinski definition) is 0. The summed E-state index contributed by atoms with van der Waals surface area (Å²) in [5.41, 5.74) is 0. The van der Waals surface area contributed by atoms with Crippen LogP contribution in [0.25, 0.3) is 0 Å². The second-order valence-electron chi connectivity index (χ2n) is 6.47. The predicted molar refractivity (Wildman–Crippen MR) is 89.7 cm³/mol. The van der Waals surface area contributed by atoms with Crippen molar-refractivity contribution in [2.45, 2.75) is 32.6 Å². The first-order valence-electron chi connectivity index (χ1n) is 7.69. The van der Waals surface area contributed by atoms with Gasteiger partial charge < -0.3 is 0 Å². The molecule has 0 bridgehead atoms. The molecule has 0 atom stereocenters. The Bertz CT molecular complexity index is 163. The van der Waals surface area contributed by atoms with Crippen LogP contribution in [-0.4, -0.2) is 96.4 Å². The molecule has 0 aliphatic carbocycles. The molecule has 1 radical (unpaired) electrons. The molecule has 0 fully saturated rings. The second kappa shape index (κ2) is 12.4. The van der Waals surface area contributed by atoms with Crippen molar-refractivity contribution in [3.63, 3.8) is 0 Å². The van der Waals surface area contributed by atoms with Gasteiger partial charge in [-0.25, -0.2) is 0 Å². The van der Waals surface area contributed by atoms with Gasteiger partial charge in [-0.3, -0.25) is 0 Å². The number of nitrogens with zero attached hydrogens (tertiary/aromatic N) is 3. The molecule has 0 aliphatic heterocycles. The Morgan fingerprint density at radius 2 is 0.789 bits per heavy atom. The third-order valence-electron chi connectivity index (χ3n) is 3.41. The molecule has 0 aromatic rings. The minimum atomic E-state index is -1.08. The van der Waals surface area contributed by atoms with Gasteiger partial charge in [0, 0.05) is 0 Å². The quantitative estimate of drug-likeness (QED) is 0.484. The first kappa shape index (κ1) is 19.7. The molecule has 0 aromatic carbocycles. The Morgan fingerprint density at radius 3 is 1.00 bits per heavy atom. The standard InChI is InChI=1S/3C5H12N.Sn/c3*1-4-5-6(2)3;/h3*1,4-5H2,2-3H3;. The Morgan fingerprint density at radius 1 is 0.526 bits per heavy atom. The fourth-order valence-electron chi connectivity index (χ4n) is 2.31. The van der Waals surface area contributed by atoms with Gasteiger partial charge in [-0.1, -0.05) is 0 Å². The number of hydrogen-bond acceptors (Lipinski definition) is 3. The predicted octanol–water partition coefficient (Wildman–Crippen LogP) is 2.34. The van der Waals surface area contributed by atoms with Crippen LogP contribution in [0, 0.1) is 0 Å². The van der Waals surface area contributed by atoms with E-state index in [0.717, 1.165) is 0 Å². The zero-order chi connectivity index (χ0) is 14.7. The Labute approximate surface area is 129 Å². The van der Waals surface area contributed by atoms with E-state index < -0.39 is 19.8 Å². The van der Waals surface area contributed by atoms with Crippen molar-refractivity contribution in [1.29, 1.82) is 0 Å². The van der Waals surface area contributed by atoms with E-state index in [1.54, 1.807) is 13.3 Å². The average Bonchev–Trinajstić information content (AvgIpc) is 2.26. The summed E-state index contributed by atoms with van der Waals surface area (Å²) in [5, 5.41) is 0. The molecule has 4 heteroatoms. The van der Waals surface area contributed by atoms with Crippen LogP contribution in [0.15, 0.2) is 0 Å². The maximum absolute atomic E-state index is 2.33. The van der Waals surface area contributed by atoms with Gasteiger partial charge in [0.05, 0.1) is 0 Å². The summed E-state index contributed by atoms with van der Waals surface area (Å²) in [6.07, 6.45) is 4.31. The second-order valence-corrected chi connectivity index (χ2v) is 15.0. The third-order valence-corrected chi connectivity index (χ3v) is 12.5. The molecule has 0 saturated carbocycles. The van der Waals surface area contributed by atoms with Gasteiger partial charge in [0.2, 0.25) is 0 Å². The van der Waals surface area contributed by atoms with Crippen molar-refractivity contribution >= 4 is 19.8 Å². The zero-order valence-electron chi connectivity index (χ0n) is 14.2. The van der Waals surface area contributed by atoms with Crippen LogP contribution in [0.3, 0.4) is 0 Å². The Hall–Kier alpha value is 0.679. The van der Waals surface area contributed by atoms with Crippen molar-refractivity contribution < 1.29 is 0 Å². The monoisotopic (exact) mass is 378 g/mol. The van der Waals surface area contributed by atoms with Crippen LogP contribution >= 0.6 is 0 Å². The van der Waals surface area contributed by atoms with Gasteiger partial charge in [-0.2, -0.15) is 0 Å². The Balaban J connectivity index is 3.85. The first-order valence-corrected chi connectivity index (χ1v) is 13.7. The summed E-state index contributed by atoms with van der Waals surface area (Å²) in [6.45, 7) is 3.85. The van der Waals surface area contributed by atoms with Crippen molar-refractivity contribution in [3.8, 4) is 0 Å². The summed E-state index contributed by atoms with van der Waals surface area (Å²) >= 11 is -1.08. The summed E-state index contributed by atoms with van der Waals surface area (Å²) in [4.78, 5) is 7.00. The van der Waals surface area contributed by atoms with Crippen LogP contribution in [0.1, 0.15) is 19.3 Å². The molecule has 115 valence electrons. The average molecular weight is 377 g/mol. The van der Waals surface area contributed by atoms with Crippen LogP contribution in [0.4, 0.5) is 0 Å². The van der Waals surface area contributed by atoms with E-state index in [9.17, 15) is 0 Å². The van der Waals surface area contributed by atoms with Gasteiger partial charge in [0.25, 0.3) is 0 Å². The minimum absolute atomic E-state index is 1.08. The molecule has 0 amide bonds. The van der Waals surface area contributed by atoms with Crippen molar-refractivity contribution in [2.75, 3.05) is 61.9 Å². The molecule has 0 rings (SSSR count). The van der Waals surface area contributed by atoms with E-state index in [0.29, 0.717) is 0 Å². The van der Waals surface area contributed by atoms with Crippen LogP contribution in [-0.2, 0) is 0 Å². The summed E-state index contributed by atoms with van der Waals surface area (Å²) in [7, 11) is 13.2. The van der Waals surface area contributed by atoms with Crippen LogP contribution in [0.5, 0.6) is 0 Å². The van der Waals surface area contributed by atoms with Gasteiger partial charge in [0.15, 0.2) is 0 Å². The molecule has 0 spiro atoms. The first-order chi connectivity index (χ1) is 8.91. The zero-order valence-corrected chi connectivity index (χ0v) is 17.1. The molecular weight excluding hydrogens is 341 g/mol. The van der Waals surface area contributed by atoms with Crippen molar-refractivity contribution in [1.82, 2.24) is 14.7 Å². The van der Waals surface area contributed by atoms with E-state index in [2.05, 4.69) is 57.0 Å². The van der Waals surface area contributed by atoms with Crippen molar-refractivity contribution in [3.05, 3.63) is 0 Å². The third kappa shape index (κ3) is 14.9. The van der Waals surface area contributed by atoms with E-state index in [1.165, 1.54) is 38.9 Å². The normalized spacial score (nSPS) is 12.3. The summed E-state index contributed by atoms with van der Waals surface area (Å²) in [5.74, 6) is 0. The molecule has 0 aromatic heterocycles. The number of rotatable bonds is 12. The van der Waals surface area contributed by atoms with E-state index in [-0.39, 0.29) is 0 Å². The molecule has 3 nitrogen and oxygen atoms in total. The molecule has 19 heavy (non-hydrogen) atoms. The molecular formula is C15H36N3Sn. The summed E-state index contributed by atoms with van der Waals surface area (Å²) in [6, 6.07) is 0.